The van der Waals surface area contributed by atoms with E-state index in [0.717, 1.165) is 38.4 Å². The van der Waals surface area contributed by atoms with Gasteiger partial charge in [-0.3, -0.25) is 0 Å². The maximum absolute atomic E-state index is 5.87. The van der Waals surface area contributed by atoms with E-state index in [9.17, 15) is 0 Å². The number of hydrogen-bond acceptors (Lipinski definition) is 3. The van der Waals surface area contributed by atoms with Crippen LogP contribution in [0.2, 0.25) is 0 Å². The monoisotopic (exact) mass is 233 g/mol. The van der Waals surface area contributed by atoms with Crippen LogP contribution in [0.1, 0.15) is 30.0 Å². The van der Waals surface area contributed by atoms with Crippen molar-refractivity contribution in [3.8, 4) is 5.75 Å². The highest BCUT2D eigenvalue weighted by molar-refractivity contribution is 5.43. The second kappa shape index (κ2) is 4.67. The van der Waals surface area contributed by atoms with Gasteiger partial charge >= 0.3 is 0 Å². The number of ether oxygens (including phenoxy) is 2. The topological polar surface area (TPSA) is 30.5 Å². The molecule has 0 amide bonds. The first kappa shape index (κ1) is 11.1. The molecule has 3 rings (SSSR count). The highest BCUT2D eigenvalue weighted by Crippen LogP contribution is 2.34. The first-order chi connectivity index (χ1) is 8.34. The molecule has 1 aromatic rings. The van der Waals surface area contributed by atoms with Crippen LogP contribution in [0.4, 0.5) is 0 Å². The molecule has 1 unspecified atom stereocenters. The SMILES string of the molecule is Cc1cccc2c1OCCCC2NC1COC1. The smallest absolute Gasteiger partial charge is 0.126 e. The summed E-state index contributed by atoms with van der Waals surface area (Å²) in [4.78, 5) is 0. The molecule has 3 nitrogen and oxygen atoms in total. The number of hydrogen-bond donors (Lipinski definition) is 1. The van der Waals surface area contributed by atoms with Gasteiger partial charge in [-0.25, -0.2) is 0 Å². The van der Waals surface area contributed by atoms with Crippen molar-refractivity contribution in [3.05, 3.63) is 29.3 Å². The molecule has 1 saturated heterocycles. The molecule has 92 valence electrons. The zero-order valence-electron chi connectivity index (χ0n) is 10.2. The Bertz CT molecular complexity index is 401. The molecule has 2 heterocycles. The van der Waals surface area contributed by atoms with Gasteiger partial charge in [-0.05, 0) is 25.3 Å². The summed E-state index contributed by atoms with van der Waals surface area (Å²) >= 11 is 0. The average Bonchev–Trinajstić information content (AvgIpc) is 2.47. The molecule has 2 aliphatic heterocycles. The van der Waals surface area contributed by atoms with Crippen molar-refractivity contribution in [1.29, 1.82) is 0 Å². The van der Waals surface area contributed by atoms with Crippen molar-refractivity contribution in [2.75, 3.05) is 19.8 Å². The van der Waals surface area contributed by atoms with Crippen LogP contribution < -0.4 is 10.1 Å². The minimum atomic E-state index is 0.418. The molecule has 0 aromatic heterocycles. The number of para-hydroxylation sites is 1. The number of fused-ring (bicyclic) bond motifs is 1. The van der Waals surface area contributed by atoms with Crippen LogP contribution in [0.15, 0.2) is 18.2 Å². The van der Waals surface area contributed by atoms with E-state index in [1.807, 2.05) is 0 Å². The molecule has 17 heavy (non-hydrogen) atoms. The maximum atomic E-state index is 5.87. The van der Waals surface area contributed by atoms with Crippen LogP contribution in [-0.2, 0) is 4.74 Å². The zero-order chi connectivity index (χ0) is 11.7. The Morgan fingerprint density at radius 2 is 2.18 bits per heavy atom. The van der Waals surface area contributed by atoms with Gasteiger partial charge in [0.05, 0.1) is 25.9 Å². The van der Waals surface area contributed by atoms with Crippen LogP contribution in [-0.4, -0.2) is 25.9 Å². The van der Waals surface area contributed by atoms with Crippen LogP contribution >= 0.6 is 0 Å². The third-order valence-corrected chi connectivity index (χ3v) is 3.58. The maximum Gasteiger partial charge on any atom is 0.126 e. The largest absolute Gasteiger partial charge is 0.493 e. The minimum absolute atomic E-state index is 0.418. The summed E-state index contributed by atoms with van der Waals surface area (Å²) < 4.78 is 11.1. The van der Waals surface area contributed by atoms with Crippen molar-refractivity contribution in [3.63, 3.8) is 0 Å². The van der Waals surface area contributed by atoms with Crippen LogP contribution in [0.5, 0.6) is 5.75 Å². The van der Waals surface area contributed by atoms with E-state index in [4.69, 9.17) is 9.47 Å². The third-order valence-electron chi connectivity index (χ3n) is 3.58. The Morgan fingerprint density at radius 1 is 1.29 bits per heavy atom. The third kappa shape index (κ3) is 2.17. The molecule has 2 aliphatic rings. The molecule has 1 aromatic carbocycles. The molecular weight excluding hydrogens is 214 g/mol. The molecule has 1 atom stereocenters. The van der Waals surface area contributed by atoms with Crippen molar-refractivity contribution < 1.29 is 9.47 Å². The summed E-state index contributed by atoms with van der Waals surface area (Å²) in [6.07, 6.45) is 2.26. The Kier molecular flexibility index (Phi) is 3.04. The van der Waals surface area contributed by atoms with Gasteiger partial charge in [0.1, 0.15) is 5.75 Å². The van der Waals surface area contributed by atoms with Gasteiger partial charge in [0.25, 0.3) is 0 Å². The molecule has 0 aliphatic carbocycles. The standard InChI is InChI=1S/C14H19NO2/c1-10-4-2-5-12-13(15-11-8-16-9-11)6-3-7-17-14(10)12/h2,4-5,11,13,15H,3,6-9H2,1H3. The van der Waals surface area contributed by atoms with Crippen molar-refractivity contribution >= 4 is 0 Å². The van der Waals surface area contributed by atoms with E-state index in [-0.39, 0.29) is 0 Å². The van der Waals surface area contributed by atoms with Crippen LogP contribution in [0, 0.1) is 6.92 Å². The van der Waals surface area contributed by atoms with Crippen molar-refractivity contribution in [1.82, 2.24) is 5.32 Å². The van der Waals surface area contributed by atoms with Gasteiger partial charge in [-0.15, -0.1) is 0 Å². The molecule has 0 bridgehead atoms. The van der Waals surface area contributed by atoms with E-state index < -0.39 is 0 Å². The van der Waals surface area contributed by atoms with Crippen LogP contribution in [0.3, 0.4) is 0 Å². The van der Waals surface area contributed by atoms with Gasteiger partial charge in [-0.1, -0.05) is 18.2 Å². The fraction of sp³-hybridized carbons (Fsp3) is 0.571. The Labute approximate surface area is 102 Å². The average molecular weight is 233 g/mol. The fourth-order valence-corrected chi connectivity index (χ4v) is 2.55. The normalized spacial score (nSPS) is 24.4. The Morgan fingerprint density at radius 3 is 2.94 bits per heavy atom. The van der Waals surface area contributed by atoms with E-state index in [0.29, 0.717) is 12.1 Å². The van der Waals surface area contributed by atoms with Crippen LogP contribution in [0.25, 0.3) is 0 Å². The summed E-state index contributed by atoms with van der Waals surface area (Å²) in [7, 11) is 0. The molecule has 0 saturated carbocycles. The van der Waals surface area contributed by atoms with E-state index in [1.54, 1.807) is 0 Å². The first-order valence-corrected chi connectivity index (χ1v) is 6.40. The number of aryl methyl sites for hydroxylation is 1. The second-order valence-electron chi connectivity index (χ2n) is 4.94. The fourth-order valence-electron chi connectivity index (χ4n) is 2.55. The molecule has 0 spiro atoms. The predicted molar refractivity (Wildman–Crippen MR) is 66.4 cm³/mol. The van der Waals surface area contributed by atoms with E-state index in [1.165, 1.54) is 11.1 Å². The van der Waals surface area contributed by atoms with Gasteiger partial charge in [0.2, 0.25) is 0 Å². The highest BCUT2D eigenvalue weighted by atomic mass is 16.5. The lowest BCUT2D eigenvalue weighted by atomic mass is 9.98. The highest BCUT2D eigenvalue weighted by Gasteiger charge is 2.26. The summed E-state index contributed by atoms with van der Waals surface area (Å²) in [6, 6.07) is 7.36. The van der Waals surface area contributed by atoms with E-state index >= 15 is 0 Å². The number of rotatable bonds is 2. The lowest BCUT2D eigenvalue weighted by Gasteiger charge is -2.31. The second-order valence-corrected chi connectivity index (χ2v) is 4.94. The molecular formula is C14H19NO2. The summed E-state index contributed by atoms with van der Waals surface area (Å²) in [6.45, 7) is 4.64. The summed E-state index contributed by atoms with van der Waals surface area (Å²) in [5.74, 6) is 1.09. The molecule has 1 N–H and O–H groups in total. The van der Waals surface area contributed by atoms with Gasteiger partial charge in [0.15, 0.2) is 0 Å². The Hall–Kier alpha value is -1.06. The Balaban J connectivity index is 1.86. The van der Waals surface area contributed by atoms with Gasteiger partial charge in [0, 0.05) is 11.6 Å². The predicted octanol–water partition coefficient (Wildman–Crippen LogP) is 2.20. The van der Waals surface area contributed by atoms with Crippen molar-refractivity contribution in [2.45, 2.75) is 31.8 Å². The lowest BCUT2D eigenvalue weighted by Crippen LogP contribution is -2.47. The molecule has 3 heteroatoms. The quantitative estimate of drug-likeness (QED) is 0.849. The van der Waals surface area contributed by atoms with Gasteiger partial charge < -0.3 is 14.8 Å². The first-order valence-electron chi connectivity index (χ1n) is 6.40. The number of benzene rings is 1. The number of nitrogens with one attached hydrogen (secondary N) is 1. The van der Waals surface area contributed by atoms with Crippen molar-refractivity contribution in [2.24, 2.45) is 0 Å². The summed E-state index contributed by atoms with van der Waals surface area (Å²) in [5.41, 5.74) is 2.55. The van der Waals surface area contributed by atoms with Gasteiger partial charge in [-0.2, -0.15) is 0 Å². The minimum Gasteiger partial charge on any atom is -0.493 e. The summed E-state index contributed by atoms with van der Waals surface area (Å²) in [5, 5.41) is 3.67. The molecule has 1 fully saturated rings. The molecule has 0 radical (unpaired) electrons. The van der Waals surface area contributed by atoms with E-state index in [2.05, 4.69) is 30.4 Å². The zero-order valence-corrected chi connectivity index (χ0v) is 10.2. The lowest BCUT2D eigenvalue weighted by molar-refractivity contribution is -0.0105.